The van der Waals surface area contributed by atoms with Gasteiger partial charge in [0.25, 0.3) is 5.91 Å². The Hall–Kier alpha value is -2.10. The zero-order valence-electron chi connectivity index (χ0n) is 13.7. The number of carbonyl (C=O) groups is 2. The van der Waals surface area contributed by atoms with Crippen molar-refractivity contribution in [2.24, 2.45) is 17.8 Å². The van der Waals surface area contributed by atoms with Crippen molar-refractivity contribution in [3.8, 4) is 0 Å². The molecule has 2 amide bonds. The van der Waals surface area contributed by atoms with Crippen molar-refractivity contribution in [3.05, 3.63) is 47.5 Å². The van der Waals surface area contributed by atoms with Gasteiger partial charge in [-0.15, -0.1) is 0 Å². The summed E-state index contributed by atoms with van der Waals surface area (Å²) < 4.78 is 0. The van der Waals surface area contributed by atoms with Gasteiger partial charge in [0.15, 0.2) is 0 Å². The summed E-state index contributed by atoms with van der Waals surface area (Å²) >= 11 is 0. The molecule has 0 spiro atoms. The van der Waals surface area contributed by atoms with E-state index in [1.54, 1.807) is 6.07 Å². The van der Waals surface area contributed by atoms with Crippen molar-refractivity contribution in [2.75, 3.05) is 0 Å². The van der Waals surface area contributed by atoms with Gasteiger partial charge in [-0.1, -0.05) is 24.3 Å². The average molecular weight is 312 g/mol. The minimum absolute atomic E-state index is 0.0774. The van der Waals surface area contributed by atoms with Crippen LogP contribution in [0.25, 0.3) is 0 Å². The molecular weight excluding hydrogens is 288 g/mol. The van der Waals surface area contributed by atoms with E-state index in [0.717, 1.165) is 18.4 Å². The van der Waals surface area contributed by atoms with E-state index in [1.165, 1.54) is 0 Å². The smallest absolute Gasteiger partial charge is 0.251 e. The molecule has 4 nitrogen and oxygen atoms in total. The Balaban J connectivity index is 1.57. The lowest BCUT2D eigenvalue weighted by atomic mass is 9.93. The van der Waals surface area contributed by atoms with Crippen LogP contribution in [0.1, 0.15) is 42.6 Å². The number of hydrogen-bond acceptors (Lipinski definition) is 2. The molecule has 122 valence electrons. The van der Waals surface area contributed by atoms with E-state index in [2.05, 4.69) is 22.8 Å². The van der Waals surface area contributed by atoms with Crippen molar-refractivity contribution in [1.82, 2.24) is 10.6 Å². The molecule has 2 N–H and O–H groups in total. The fourth-order valence-corrected chi connectivity index (χ4v) is 3.57. The van der Waals surface area contributed by atoms with Crippen LogP contribution in [-0.2, 0) is 11.3 Å². The van der Waals surface area contributed by atoms with Crippen LogP contribution in [0, 0.1) is 17.8 Å². The quantitative estimate of drug-likeness (QED) is 0.821. The fourth-order valence-electron chi connectivity index (χ4n) is 3.57. The number of fused-ring (bicyclic) bond motifs is 2. The number of allylic oxidation sites excluding steroid dienone is 2. The summed E-state index contributed by atoms with van der Waals surface area (Å²) in [6.07, 6.45) is 6.54. The summed E-state index contributed by atoms with van der Waals surface area (Å²) in [6, 6.07) is 7.55. The lowest BCUT2D eigenvalue weighted by Gasteiger charge is -2.17. The third-order valence-corrected chi connectivity index (χ3v) is 4.69. The molecule has 0 radical (unpaired) electrons. The van der Waals surface area contributed by atoms with Crippen LogP contribution in [0.5, 0.6) is 0 Å². The van der Waals surface area contributed by atoms with Gasteiger partial charge in [0, 0.05) is 24.1 Å². The molecular formula is C19H24N2O2. The Morgan fingerprint density at radius 2 is 2.04 bits per heavy atom. The normalized spacial score (nSPS) is 24.9. The molecule has 1 aromatic carbocycles. The van der Waals surface area contributed by atoms with Crippen LogP contribution >= 0.6 is 0 Å². The number of hydrogen-bond donors (Lipinski definition) is 2. The minimum atomic E-state index is -0.0774. The molecule has 0 heterocycles. The van der Waals surface area contributed by atoms with Crippen LogP contribution in [-0.4, -0.2) is 17.9 Å². The maximum Gasteiger partial charge on any atom is 0.251 e. The molecule has 4 heteroatoms. The van der Waals surface area contributed by atoms with E-state index in [1.807, 2.05) is 32.0 Å². The van der Waals surface area contributed by atoms with E-state index in [4.69, 9.17) is 0 Å². The standard InChI is InChI=1S/C19H24N2O2/c1-12(2)21-18(22)16-5-3-4-14(9-16)11-20-19(23)17-10-13-6-7-15(17)8-13/h3-7,9,12-13,15,17H,8,10-11H2,1-2H3,(H,20,23)(H,21,22)/t13-,15-,17+/m0/s1. The van der Waals surface area contributed by atoms with E-state index in [-0.39, 0.29) is 23.8 Å². The van der Waals surface area contributed by atoms with E-state index in [0.29, 0.717) is 23.9 Å². The molecule has 3 atom stereocenters. The second-order valence-corrected chi connectivity index (χ2v) is 6.93. The molecule has 0 saturated heterocycles. The maximum atomic E-state index is 12.3. The minimum Gasteiger partial charge on any atom is -0.352 e. The molecule has 0 unspecified atom stereocenters. The monoisotopic (exact) mass is 312 g/mol. The summed E-state index contributed by atoms with van der Waals surface area (Å²) in [5.41, 5.74) is 1.58. The van der Waals surface area contributed by atoms with Crippen LogP contribution in [0.2, 0.25) is 0 Å². The zero-order chi connectivity index (χ0) is 16.4. The van der Waals surface area contributed by atoms with Crippen LogP contribution in [0.4, 0.5) is 0 Å². The summed E-state index contributed by atoms with van der Waals surface area (Å²) in [4.78, 5) is 24.4. The van der Waals surface area contributed by atoms with Crippen LogP contribution in [0.15, 0.2) is 36.4 Å². The van der Waals surface area contributed by atoms with Gasteiger partial charge in [-0.25, -0.2) is 0 Å². The lowest BCUT2D eigenvalue weighted by Crippen LogP contribution is -2.32. The van der Waals surface area contributed by atoms with Crippen molar-refractivity contribution < 1.29 is 9.59 Å². The first kappa shape index (κ1) is 15.8. The number of amides is 2. The maximum absolute atomic E-state index is 12.3. The third-order valence-electron chi connectivity index (χ3n) is 4.69. The highest BCUT2D eigenvalue weighted by Crippen LogP contribution is 2.43. The first-order chi connectivity index (χ1) is 11.0. The van der Waals surface area contributed by atoms with Crippen molar-refractivity contribution in [2.45, 2.75) is 39.3 Å². The molecule has 3 rings (SSSR count). The Kier molecular flexibility index (Phi) is 4.51. The second-order valence-electron chi connectivity index (χ2n) is 6.93. The van der Waals surface area contributed by atoms with Gasteiger partial charge in [0.1, 0.15) is 0 Å². The van der Waals surface area contributed by atoms with Gasteiger partial charge in [0.2, 0.25) is 5.91 Å². The molecule has 0 aromatic heterocycles. The van der Waals surface area contributed by atoms with Crippen LogP contribution < -0.4 is 10.6 Å². The predicted molar refractivity (Wildman–Crippen MR) is 89.7 cm³/mol. The topological polar surface area (TPSA) is 58.2 Å². The van der Waals surface area contributed by atoms with Gasteiger partial charge in [-0.2, -0.15) is 0 Å². The summed E-state index contributed by atoms with van der Waals surface area (Å²) in [5.74, 6) is 1.20. The van der Waals surface area contributed by atoms with Gasteiger partial charge >= 0.3 is 0 Å². The third kappa shape index (κ3) is 3.63. The number of rotatable bonds is 5. The van der Waals surface area contributed by atoms with Crippen molar-refractivity contribution in [3.63, 3.8) is 0 Å². The molecule has 2 bridgehead atoms. The largest absolute Gasteiger partial charge is 0.352 e. The Morgan fingerprint density at radius 3 is 2.70 bits per heavy atom. The second kappa shape index (κ2) is 6.57. The van der Waals surface area contributed by atoms with Crippen molar-refractivity contribution in [1.29, 1.82) is 0 Å². The predicted octanol–water partition coefficient (Wildman–Crippen LogP) is 2.65. The molecule has 23 heavy (non-hydrogen) atoms. The van der Waals surface area contributed by atoms with Gasteiger partial charge < -0.3 is 10.6 Å². The number of nitrogens with one attached hydrogen (secondary N) is 2. The zero-order valence-corrected chi connectivity index (χ0v) is 13.7. The van der Waals surface area contributed by atoms with E-state index < -0.39 is 0 Å². The molecule has 2 aliphatic rings. The molecule has 1 saturated carbocycles. The molecule has 2 aliphatic carbocycles. The molecule has 1 aromatic rings. The highest BCUT2D eigenvalue weighted by Gasteiger charge is 2.39. The first-order valence-corrected chi connectivity index (χ1v) is 8.39. The Labute approximate surface area is 137 Å². The summed E-state index contributed by atoms with van der Waals surface area (Å²) in [7, 11) is 0. The van der Waals surface area contributed by atoms with E-state index in [9.17, 15) is 9.59 Å². The Morgan fingerprint density at radius 1 is 1.22 bits per heavy atom. The van der Waals surface area contributed by atoms with Crippen molar-refractivity contribution >= 4 is 11.8 Å². The summed E-state index contributed by atoms with van der Waals surface area (Å²) in [5, 5.41) is 5.91. The average Bonchev–Trinajstić information content (AvgIpc) is 3.15. The lowest BCUT2D eigenvalue weighted by molar-refractivity contribution is -0.125. The fraction of sp³-hybridized carbons (Fsp3) is 0.474. The van der Waals surface area contributed by atoms with Crippen LogP contribution in [0.3, 0.4) is 0 Å². The van der Waals surface area contributed by atoms with Gasteiger partial charge in [0.05, 0.1) is 0 Å². The molecule has 1 fully saturated rings. The SMILES string of the molecule is CC(C)NC(=O)c1cccc(CNC(=O)[C@@H]2C[C@H]3C=C[C@H]2C3)c1. The number of benzene rings is 1. The molecule has 0 aliphatic heterocycles. The highest BCUT2D eigenvalue weighted by molar-refractivity contribution is 5.94. The van der Waals surface area contributed by atoms with Gasteiger partial charge in [-0.3, -0.25) is 9.59 Å². The summed E-state index contributed by atoms with van der Waals surface area (Å²) in [6.45, 7) is 4.34. The number of carbonyl (C=O) groups excluding carboxylic acids is 2. The first-order valence-electron chi connectivity index (χ1n) is 8.39. The van der Waals surface area contributed by atoms with E-state index >= 15 is 0 Å². The highest BCUT2D eigenvalue weighted by atomic mass is 16.2. The Bertz CT molecular complexity index is 636. The van der Waals surface area contributed by atoms with Gasteiger partial charge in [-0.05, 0) is 56.2 Å².